The average molecular weight is 425 g/mol. The summed E-state index contributed by atoms with van der Waals surface area (Å²) in [5, 5.41) is 17.6. The van der Waals surface area contributed by atoms with Crippen LogP contribution >= 0.6 is 34.8 Å². The molecule has 0 fully saturated rings. The first-order valence-corrected chi connectivity index (χ1v) is 9.28. The van der Waals surface area contributed by atoms with E-state index in [2.05, 4.69) is 10.4 Å². The summed E-state index contributed by atoms with van der Waals surface area (Å²) < 4.78 is 1.12. The fourth-order valence-corrected chi connectivity index (χ4v) is 3.06. The Balaban J connectivity index is 1.70. The molecule has 0 amide bonds. The van der Waals surface area contributed by atoms with Gasteiger partial charge in [-0.3, -0.25) is 4.79 Å². The zero-order valence-corrected chi connectivity index (χ0v) is 16.3. The smallest absolute Gasteiger partial charge is 0.291 e. The molecule has 1 aromatic heterocycles. The van der Waals surface area contributed by atoms with Crippen molar-refractivity contribution in [2.75, 3.05) is 11.9 Å². The monoisotopic (exact) mass is 423 g/mol. The van der Waals surface area contributed by atoms with E-state index in [9.17, 15) is 9.90 Å². The molecule has 1 heterocycles. The third-order valence-corrected chi connectivity index (χ3v) is 4.98. The van der Waals surface area contributed by atoms with Crippen molar-refractivity contribution < 1.29 is 5.11 Å². The summed E-state index contributed by atoms with van der Waals surface area (Å²) in [6, 6.07) is 14.7. The molecule has 1 unspecified atom stereocenters. The minimum absolute atomic E-state index is 0.0923. The number of aliphatic hydroxyl groups excluding tert-OH is 1. The van der Waals surface area contributed by atoms with Crippen LogP contribution in [-0.2, 0) is 6.42 Å². The van der Waals surface area contributed by atoms with Gasteiger partial charge in [-0.15, -0.1) is 0 Å². The highest BCUT2D eigenvalue weighted by atomic mass is 35.5. The molecule has 0 aliphatic heterocycles. The Morgan fingerprint density at radius 2 is 1.81 bits per heavy atom. The fourth-order valence-electron chi connectivity index (χ4n) is 2.56. The van der Waals surface area contributed by atoms with E-state index >= 15 is 0 Å². The van der Waals surface area contributed by atoms with Crippen LogP contribution in [0.2, 0.25) is 15.1 Å². The van der Waals surface area contributed by atoms with Crippen LogP contribution in [-0.4, -0.2) is 27.5 Å². The number of anilines is 1. The molecular formula is C19H16Cl3N3O2. The van der Waals surface area contributed by atoms with E-state index in [4.69, 9.17) is 34.8 Å². The van der Waals surface area contributed by atoms with E-state index in [1.54, 1.807) is 18.2 Å². The van der Waals surface area contributed by atoms with Crippen LogP contribution in [0.5, 0.6) is 0 Å². The van der Waals surface area contributed by atoms with E-state index in [1.165, 1.54) is 6.20 Å². The van der Waals surface area contributed by atoms with Crippen LogP contribution in [0.25, 0.3) is 5.69 Å². The van der Waals surface area contributed by atoms with Gasteiger partial charge in [-0.1, -0.05) is 65.1 Å². The number of nitrogens with zero attached hydrogens (tertiary/aromatic N) is 2. The third-order valence-electron chi connectivity index (χ3n) is 3.92. The summed E-state index contributed by atoms with van der Waals surface area (Å²) in [5.74, 6) is 0. The number of halogens is 3. The maximum Gasteiger partial charge on any atom is 0.291 e. The van der Waals surface area contributed by atoms with Crippen molar-refractivity contribution in [1.29, 1.82) is 0 Å². The lowest BCUT2D eigenvalue weighted by Gasteiger charge is -2.15. The van der Waals surface area contributed by atoms with Gasteiger partial charge in [0.1, 0.15) is 5.02 Å². The normalized spacial score (nSPS) is 12.0. The Hall–Kier alpha value is -2.05. The number of hydrogen-bond donors (Lipinski definition) is 2. The molecule has 0 bridgehead atoms. The van der Waals surface area contributed by atoms with Crippen molar-refractivity contribution in [1.82, 2.24) is 9.78 Å². The van der Waals surface area contributed by atoms with Gasteiger partial charge < -0.3 is 10.4 Å². The highest BCUT2D eigenvalue weighted by Crippen LogP contribution is 2.25. The quantitative estimate of drug-likeness (QED) is 0.622. The highest BCUT2D eigenvalue weighted by molar-refractivity contribution is 6.41. The lowest BCUT2D eigenvalue weighted by molar-refractivity contribution is 0.188. The van der Waals surface area contributed by atoms with Crippen LogP contribution in [0.15, 0.2) is 59.5 Å². The number of aliphatic hydroxyl groups is 1. The summed E-state index contributed by atoms with van der Waals surface area (Å²) in [6.45, 7) is 0.332. The van der Waals surface area contributed by atoms with Crippen LogP contribution in [0, 0.1) is 0 Å². The first kappa shape index (κ1) is 19.7. The molecule has 3 aromatic rings. The van der Waals surface area contributed by atoms with E-state index in [1.807, 2.05) is 30.3 Å². The van der Waals surface area contributed by atoms with E-state index in [0.29, 0.717) is 29.4 Å². The topological polar surface area (TPSA) is 67.2 Å². The van der Waals surface area contributed by atoms with Crippen LogP contribution in [0.3, 0.4) is 0 Å². The third kappa shape index (κ3) is 4.82. The lowest BCUT2D eigenvalue weighted by Crippen LogP contribution is -2.23. The molecule has 2 N–H and O–H groups in total. The molecule has 0 aliphatic carbocycles. The van der Waals surface area contributed by atoms with Gasteiger partial charge in [-0.05, 0) is 23.8 Å². The van der Waals surface area contributed by atoms with Gasteiger partial charge in [0.05, 0.1) is 33.7 Å². The lowest BCUT2D eigenvalue weighted by atomic mass is 10.1. The molecule has 0 saturated carbocycles. The van der Waals surface area contributed by atoms with Gasteiger partial charge in [-0.2, -0.15) is 9.78 Å². The SMILES string of the molecule is O=c1c(Cl)c(Cl)cnn1-c1ccc(NCC(O)Cc2ccccc2)c(Cl)c1. The number of benzene rings is 2. The second-order valence-electron chi connectivity index (χ2n) is 5.91. The largest absolute Gasteiger partial charge is 0.391 e. The molecular weight excluding hydrogens is 409 g/mol. The van der Waals surface area contributed by atoms with Crippen LogP contribution < -0.4 is 10.9 Å². The Kier molecular flexibility index (Phi) is 6.39. The van der Waals surface area contributed by atoms with Gasteiger partial charge in [0, 0.05) is 13.0 Å². The predicted octanol–water partition coefficient (Wildman–Crippen LogP) is 4.21. The zero-order valence-electron chi connectivity index (χ0n) is 14.1. The fraction of sp³-hybridized carbons (Fsp3) is 0.158. The van der Waals surface area contributed by atoms with Crippen molar-refractivity contribution in [3.05, 3.63) is 85.7 Å². The standard InChI is InChI=1S/C19H16Cl3N3O2/c20-15-9-13(25-19(27)18(22)16(21)11-24-25)6-7-17(15)23-10-14(26)8-12-4-2-1-3-5-12/h1-7,9,11,14,23,26H,8,10H2. The molecule has 5 nitrogen and oxygen atoms in total. The van der Waals surface area contributed by atoms with Crippen molar-refractivity contribution in [3.8, 4) is 5.69 Å². The summed E-state index contributed by atoms with van der Waals surface area (Å²) in [6.07, 6.45) is 1.26. The first-order chi connectivity index (χ1) is 13.0. The second-order valence-corrected chi connectivity index (χ2v) is 7.10. The van der Waals surface area contributed by atoms with E-state index in [0.717, 1.165) is 10.2 Å². The minimum atomic E-state index is -0.567. The number of aromatic nitrogens is 2. The Morgan fingerprint density at radius 1 is 1.07 bits per heavy atom. The Bertz CT molecular complexity index is 993. The second kappa shape index (κ2) is 8.76. The molecule has 0 saturated heterocycles. The molecule has 8 heteroatoms. The van der Waals surface area contributed by atoms with Crippen molar-refractivity contribution >= 4 is 40.5 Å². The van der Waals surface area contributed by atoms with Gasteiger partial charge in [0.2, 0.25) is 0 Å². The summed E-state index contributed by atoms with van der Waals surface area (Å²) in [5.41, 5.74) is 1.62. The minimum Gasteiger partial charge on any atom is -0.391 e. The molecule has 1 atom stereocenters. The maximum atomic E-state index is 12.2. The summed E-state index contributed by atoms with van der Waals surface area (Å²) in [7, 11) is 0. The van der Waals surface area contributed by atoms with Gasteiger partial charge >= 0.3 is 0 Å². The molecule has 0 spiro atoms. The Morgan fingerprint density at radius 3 is 2.52 bits per heavy atom. The first-order valence-electron chi connectivity index (χ1n) is 8.15. The van der Waals surface area contributed by atoms with Crippen LogP contribution in [0.4, 0.5) is 5.69 Å². The molecule has 0 aliphatic rings. The van der Waals surface area contributed by atoms with Gasteiger partial charge in [-0.25, -0.2) is 0 Å². The molecule has 27 heavy (non-hydrogen) atoms. The molecule has 140 valence electrons. The molecule has 2 aromatic carbocycles. The maximum absolute atomic E-state index is 12.2. The van der Waals surface area contributed by atoms with Crippen molar-refractivity contribution in [2.45, 2.75) is 12.5 Å². The Labute approximate surface area is 171 Å². The highest BCUT2D eigenvalue weighted by Gasteiger charge is 2.12. The van der Waals surface area contributed by atoms with E-state index < -0.39 is 11.7 Å². The summed E-state index contributed by atoms with van der Waals surface area (Å²) in [4.78, 5) is 12.2. The number of rotatable bonds is 6. The van der Waals surface area contributed by atoms with Gasteiger partial charge in [0.15, 0.2) is 0 Å². The molecule has 3 rings (SSSR count). The average Bonchev–Trinajstić information content (AvgIpc) is 2.66. The molecule has 0 radical (unpaired) electrons. The van der Waals surface area contributed by atoms with Crippen molar-refractivity contribution in [2.24, 2.45) is 0 Å². The van der Waals surface area contributed by atoms with Crippen molar-refractivity contribution in [3.63, 3.8) is 0 Å². The number of hydrogen-bond acceptors (Lipinski definition) is 4. The zero-order chi connectivity index (χ0) is 19.4. The van der Waals surface area contributed by atoms with Gasteiger partial charge in [0.25, 0.3) is 5.56 Å². The predicted molar refractivity (Wildman–Crippen MR) is 110 cm³/mol. The number of nitrogens with one attached hydrogen (secondary N) is 1. The summed E-state index contributed by atoms with van der Waals surface area (Å²) >= 11 is 18.0. The van der Waals surface area contributed by atoms with E-state index in [-0.39, 0.29) is 10.0 Å². The van der Waals surface area contributed by atoms with Crippen LogP contribution in [0.1, 0.15) is 5.56 Å².